The Balaban J connectivity index is 1.61. The van der Waals surface area contributed by atoms with Crippen molar-refractivity contribution in [2.75, 3.05) is 0 Å². The summed E-state index contributed by atoms with van der Waals surface area (Å²) in [6.45, 7) is 0.972. The maximum Gasteiger partial charge on any atom is 0.195 e. The van der Waals surface area contributed by atoms with Crippen molar-refractivity contribution in [2.45, 2.75) is 35.5 Å². The van der Waals surface area contributed by atoms with Crippen LogP contribution in [0.2, 0.25) is 0 Å². The van der Waals surface area contributed by atoms with E-state index in [1.807, 2.05) is 11.6 Å². The Bertz CT molecular complexity index is 516. The lowest BCUT2D eigenvalue weighted by Crippen LogP contribution is -2.14. The summed E-state index contributed by atoms with van der Waals surface area (Å²) in [5, 5.41) is 12.4. The summed E-state index contributed by atoms with van der Waals surface area (Å²) in [5.74, 6) is 0. The lowest BCUT2D eigenvalue weighted by Gasteiger charge is -2.04. The second kappa shape index (κ2) is 5.12. The van der Waals surface area contributed by atoms with Gasteiger partial charge in [-0.1, -0.05) is 12.1 Å². The summed E-state index contributed by atoms with van der Waals surface area (Å²) in [4.78, 5) is 1.20. The number of aryl methyl sites for hydroxylation is 1. The van der Waals surface area contributed by atoms with Crippen LogP contribution in [0.4, 0.5) is 0 Å². The number of aromatic nitrogens is 3. The van der Waals surface area contributed by atoms with Crippen LogP contribution in [0.5, 0.6) is 0 Å². The quantitative estimate of drug-likeness (QED) is 0.895. The first-order valence-corrected chi connectivity index (χ1v) is 6.97. The van der Waals surface area contributed by atoms with Gasteiger partial charge in [0.25, 0.3) is 0 Å². The first-order chi connectivity index (χ1) is 8.81. The molecule has 0 spiro atoms. The highest BCUT2D eigenvalue weighted by Crippen LogP contribution is 2.25. The van der Waals surface area contributed by atoms with Crippen LogP contribution in [0.1, 0.15) is 18.4 Å². The maximum atomic E-state index is 4.06. The van der Waals surface area contributed by atoms with Crippen molar-refractivity contribution in [1.82, 2.24) is 20.1 Å². The molecule has 1 aliphatic rings. The smallest absolute Gasteiger partial charge is 0.195 e. The molecule has 1 N–H and O–H groups in total. The van der Waals surface area contributed by atoms with Gasteiger partial charge >= 0.3 is 0 Å². The van der Waals surface area contributed by atoms with Crippen LogP contribution in [0.3, 0.4) is 0 Å². The molecule has 94 valence electrons. The van der Waals surface area contributed by atoms with Gasteiger partial charge in [0.05, 0.1) is 0 Å². The van der Waals surface area contributed by atoms with Gasteiger partial charge in [-0.15, -0.1) is 10.2 Å². The molecule has 2 aromatic rings. The van der Waals surface area contributed by atoms with Gasteiger partial charge in [0, 0.05) is 24.5 Å². The fraction of sp³-hybridized carbons (Fsp3) is 0.385. The third kappa shape index (κ3) is 2.91. The number of nitrogens with one attached hydrogen (secondary N) is 1. The van der Waals surface area contributed by atoms with Crippen molar-refractivity contribution in [3.05, 3.63) is 36.2 Å². The van der Waals surface area contributed by atoms with E-state index in [4.69, 9.17) is 0 Å². The van der Waals surface area contributed by atoms with Crippen LogP contribution in [-0.4, -0.2) is 20.8 Å². The predicted octanol–water partition coefficient (Wildman–Crippen LogP) is 2.22. The van der Waals surface area contributed by atoms with Crippen LogP contribution < -0.4 is 5.32 Å². The zero-order valence-electron chi connectivity index (χ0n) is 10.3. The number of rotatable bonds is 5. The molecule has 0 bridgehead atoms. The van der Waals surface area contributed by atoms with Crippen LogP contribution in [0.15, 0.2) is 40.6 Å². The standard InChI is InChI=1S/C13H16N4S/c1-17-9-15-16-13(17)18-12-6-2-10(3-7-12)8-14-11-4-5-11/h2-3,6-7,9,11,14H,4-5,8H2,1H3. The van der Waals surface area contributed by atoms with Gasteiger partial charge in [-0.25, -0.2) is 0 Å². The maximum absolute atomic E-state index is 4.06. The van der Waals surface area contributed by atoms with Crippen molar-refractivity contribution in [2.24, 2.45) is 7.05 Å². The Kier molecular flexibility index (Phi) is 3.34. The summed E-state index contributed by atoms with van der Waals surface area (Å²) in [5.41, 5.74) is 1.34. The largest absolute Gasteiger partial charge is 0.311 e. The van der Waals surface area contributed by atoms with E-state index in [-0.39, 0.29) is 0 Å². The molecular formula is C13H16N4S. The van der Waals surface area contributed by atoms with Gasteiger partial charge in [0.15, 0.2) is 5.16 Å². The van der Waals surface area contributed by atoms with E-state index in [0.29, 0.717) is 0 Å². The normalized spacial score (nSPS) is 14.9. The second-order valence-electron chi connectivity index (χ2n) is 4.63. The Morgan fingerprint density at radius 3 is 2.72 bits per heavy atom. The van der Waals surface area contributed by atoms with Crippen molar-refractivity contribution in [3.63, 3.8) is 0 Å². The van der Waals surface area contributed by atoms with Crippen molar-refractivity contribution < 1.29 is 0 Å². The molecule has 0 saturated heterocycles. The fourth-order valence-corrected chi connectivity index (χ4v) is 2.46. The van der Waals surface area contributed by atoms with E-state index in [1.54, 1.807) is 18.1 Å². The summed E-state index contributed by atoms with van der Waals surface area (Å²) in [6.07, 6.45) is 4.39. The first kappa shape index (κ1) is 11.7. The van der Waals surface area contributed by atoms with Crippen molar-refractivity contribution in [3.8, 4) is 0 Å². The van der Waals surface area contributed by atoms with Gasteiger partial charge in [-0.3, -0.25) is 0 Å². The topological polar surface area (TPSA) is 42.7 Å². The monoisotopic (exact) mass is 260 g/mol. The lowest BCUT2D eigenvalue weighted by molar-refractivity contribution is 0.687. The van der Waals surface area contributed by atoms with Gasteiger partial charge in [-0.05, 0) is 42.3 Å². The van der Waals surface area contributed by atoms with Crippen molar-refractivity contribution in [1.29, 1.82) is 0 Å². The van der Waals surface area contributed by atoms with Crippen LogP contribution in [0.25, 0.3) is 0 Å². The molecule has 0 amide bonds. The molecule has 4 nitrogen and oxygen atoms in total. The minimum absolute atomic E-state index is 0.762. The molecular weight excluding hydrogens is 244 g/mol. The number of benzene rings is 1. The highest BCUT2D eigenvalue weighted by molar-refractivity contribution is 7.99. The first-order valence-electron chi connectivity index (χ1n) is 6.15. The van der Waals surface area contributed by atoms with Crippen LogP contribution >= 0.6 is 11.8 Å². The number of hydrogen-bond donors (Lipinski definition) is 1. The molecule has 5 heteroatoms. The molecule has 3 rings (SSSR count). The van der Waals surface area contributed by atoms with E-state index in [1.165, 1.54) is 23.3 Å². The predicted molar refractivity (Wildman–Crippen MR) is 71.4 cm³/mol. The lowest BCUT2D eigenvalue weighted by atomic mass is 10.2. The third-order valence-corrected chi connectivity index (χ3v) is 4.03. The third-order valence-electron chi connectivity index (χ3n) is 2.97. The van der Waals surface area contributed by atoms with Crippen LogP contribution in [-0.2, 0) is 13.6 Å². The highest BCUT2D eigenvalue weighted by Gasteiger charge is 2.19. The van der Waals surface area contributed by atoms with E-state index in [9.17, 15) is 0 Å². The minimum atomic E-state index is 0.762. The molecule has 0 aliphatic heterocycles. The van der Waals surface area contributed by atoms with Gasteiger partial charge < -0.3 is 9.88 Å². The highest BCUT2D eigenvalue weighted by atomic mass is 32.2. The van der Waals surface area contributed by atoms with E-state index < -0.39 is 0 Å². The Hall–Kier alpha value is -1.33. The summed E-state index contributed by atoms with van der Waals surface area (Å²) in [7, 11) is 1.95. The minimum Gasteiger partial charge on any atom is -0.311 e. The summed E-state index contributed by atoms with van der Waals surface area (Å²) in [6, 6.07) is 9.40. The average Bonchev–Trinajstić information content (AvgIpc) is 3.13. The zero-order valence-corrected chi connectivity index (χ0v) is 11.2. The van der Waals surface area contributed by atoms with Crippen LogP contribution in [0, 0.1) is 0 Å². The summed E-state index contributed by atoms with van der Waals surface area (Å²) < 4.78 is 1.92. The molecule has 18 heavy (non-hydrogen) atoms. The molecule has 1 fully saturated rings. The molecule has 1 aromatic heterocycles. The van der Waals surface area contributed by atoms with E-state index in [2.05, 4.69) is 39.8 Å². The Morgan fingerprint density at radius 1 is 1.33 bits per heavy atom. The molecule has 1 aliphatic carbocycles. The second-order valence-corrected chi connectivity index (χ2v) is 5.67. The fourth-order valence-electron chi connectivity index (χ4n) is 1.70. The molecule has 1 aromatic carbocycles. The average molecular weight is 260 g/mol. The molecule has 0 radical (unpaired) electrons. The molecule has 0 atom stereocenters. The Labute approximate surface area is 111 Å². The van der Waals surface area contributed by atoms with Gasteiger partial charge in [0.1, 0.15) is 6.33 Å². The van der Waals surface area contributed by atoms with Gasteiger partial charge in [-0.2, -0.15) is 0 Å². The zero-order chi connectivity index (χ0) is 12.4. The summed E-state index contributed by atoms with van der Waals surface area (Å²) >= 11 is 1.64. The van der Waals surface area contributed by atoms with Gasteiger partial charge in [0.2, 0.25) is 0 Å². The van der Waals surface area contributed by atoms with E-state index >= 15 is 0 Å². The van der Waals surface area contributed by atoms with E-state index in [0.717, 1.165) is 17.7 Å². The molecule has 1 saturated carbocycles. The van der Waals surface area contributed by atoms with Crippen molar-refractivity contribution >= 4 is 11.8 Å². The SMILES string of the molecule is Cn1cnnc1Sc1ccc(CNC2CC2)cc1. The number of hydrogen-bond acceptors (Lipinski definition) is 4. The number of nitrogens with zero attached hydrogens (tertiary/aromatic N) is 3. The molecule has 0 unspecified atom stereocenters. The Morgan fingerprint density at radius 2 is 2.11 bits per heavy atom. The molecule has 1 heterocycles.